The molecule has 17 heavy (non-hydrogen) atoms. The zero-order valence-electron chi connectivity index (χ0n) is 9.51. The molecule has 1 aromatic rings. The van der Waals surface area contributed by atoms with Gasteiger partial charge in [0, 0.05) is 6.54 Å². The average molecular weight is 238 g/mol. The minimum absolute atomic E-state index is 0.0120. The number of rotatable bonds is 3. The predicted molar refractivity (Wildman–Crippen MR) is 61.2 cm³/mol. The van der Waals surface area contributed by atoms with Crippen molar-refractivity contribution in [3.8, 4) is 5.75 Å². The number of nitro benzene ring substituents is 1. The minimum atomic E-state index is -0.412. The number of benzene rings is 1. The molecule has 1 saturated heterocycles. The predicted octanol–water partition coefficient (Wildman–Crippen LogP) is 1.26. The van der Waals surface area contributed by atoms with Crippen LogP contribution in [0.25, 0.3) is 0 Å². The van der Waals surface area contributed by atoms with Gasteiger partial charge in [0.15, 0.2) is 5.75 Å². The van der Waals surface area contributed by atoms with E-state index in [-0.39, 0.29) is 17.5 Å². The van der Waals surface area contributed by atoms with Gasteiger partial charge < -0.3 is 14.8 Å². The lowest BCUT2D eigenvalue weighted by molar-refractivity contribution is -0.386. The first kappa shape index (κ1) is 11.8. The summed E-state index contributed by atoms with van der Waals surface area (Å²) >= 11 is 0. The van der Waals surface area contributed by atoms with Crippen molar-refractivity contribution in [1.82, 2.24) is 5.32 Å². The van der Waals surface area contributed by atoms with Gasteiger partial charge in [-0.05, 0) is 6.07 Å². The number of nitro groups is 1. The van der Waals surface area contributed by atoms with E-state index in [1.807, 2.05) is 0 Å². The third-order valence-electron chi connectivity index (χ3n) is 2.73. The number of morpholine rings is 1. The molecule has 1 aliphatic heterocycles. The van der Waals surface area contributed by atoms with Gasteiger partial charge in [0.05, 0.1) is 36.9 Å². The summed E-state index contributed by atoms with van der Waals surface area (Å²) < 4.78 is 10.3. The molecule has 0 radical (unpaired) electrons. The molecule has 1 unspecified atom stereocenters. The van der Waals surface area contributed by atoms with E-state index in [4.69, 9.17) is 9.47 Å². The molecule has 0 aliphatic carbocycles. The summed E-state index contributed by atoms with van der Waals surface area (Å²) in [5.41, 5.74) is 0.618. The fraction of sp³-hybridized carbons (Fsp3) is 0.455. The van der Waals surface area contributed by atoms with Crippen LogP contribution in [0.3, 0.4) is 0 Å². The summed E-state index contributed by atoms with van der Waals surface area (Å²) in [5, 5.41) is 14.3. The third kappa shape index (κ3) is 2.37. The summed E-state index contributed by atoms with van der Waals surface area (Å²) in [4.78, 5) is 10.7. The van der Waals surface area contributed by atoms with Crippen molar-refractivity contribution in [1.29, 1.82) is 0 Å². The molecule has 6 nitrogen and oxygen atoms in total. The average Bonchev–Trinajstić information content (AvgIpc) is 2.38. The van der Waals surface area contributed by atoms with E-state index in [0.29, 0.717) is 25.3 Å². The molecule has 92 valence electrons. The molecule has 1 aromatic carbocycles. The van der Waals surface area contributed by atoms with E-state index in [0.717, 1.165) is 0 Å². The Bertz CT molecular complexity index is 416. The smallest absolute Gasteiger partial charge is 0.315 e. The van der Waals surface area contributed by atoms with Gasteiger partial charge in [0.1, 0.15) is 0 Å². The monoisotopic (exact) mass is 238 g/mol. The van der Waals surface area contributed by atoms with E-state index in [1.54, 1.807) is 18.2 Å². The second-order valence-electron chi connectivity index (χ2n) is 3.74. The molecule has 2 rings (SSSR count). The lowest BCUT2D eigenvalue weighted by Crippen LogP contribution is -2.34. The first-order chi connectivity index (χ1) is 8.24. The molecule has 1 fully saturated rings. The molecular weight excluding hydrogens is 224 g/mol. The molecule has 0 aromatic heterocycles. The lowest BCUT2D eigenvalue weighted by Gasteiger charge is -2.24. The number of hydrogen-bond donors (Lipinski definition) is 1. The van der Waals surface area contributed by atoms with E-state index >= 15 is 0 Å². The maximum Gasteiger partial charge on any atom is 0.315 e. The van der Waals surface area contributed by atoms with E-state index < -0.39 is 4.92 Å². The van der Waals surface area contributed by atoms with Gasteiger partial charge >= 0.3 is 5.69 Å². The quantitative estimate of drug-likeness (QED) is 0.634. The number of nitrogens with one attached hydrogen (secondary N) is 1. The van der Waals surface area contributed by atoms with Gasteiger partial charge in [-0.25, -0.2) is 0 Å². The van der Waals surface area contributed by atoms with Gasteiger partial charge in [-0.15, -0.1) is 0 Å². The van der Waals surface area contributed by atoms with Crippen LogP contribution < -0.4 is 10.1 Å². The van der Waals surface area contributed by atoms with E-state index in [2.05, 4.69) is 5.32 Å². The molecule has 6 heteroatoms. The number of ether oxygens (including phenoxy) is 2. The zero-order chi connectivity index (χ0) is 12.3. The zero-order valence-corrected chi connectivity index (χ0v) is 9.51. The van der Waals surface area contributed by atoms with Crippen LogP contribution in [0.4, 0.5) is 5.69 Å². The first-order valence-corrected chi connectivity index (χ1v) is 5.36. The van der Waals surface area contributed by atoms with Crippen LogP contribution in [0.5, 0.6) is 5.75 Å². The molecule has 1 heterocycles. The van der Waals surface area contributed by atoms with Crippen molar-refractivity contribution in [2.75, 3.05) is 26.9 Å². The highest BCUT2D eigenvalue weighted by atomic mass is 16.6. The SMILES string of the molecule is COc1cccc(C2COCCN2)c1[N+](=O)[O-]. The Labute approximate surface area is 98.7 Å². The molecular formula is C11H14N2O4. The van der Waals surface area contributed by atoms with Crippen LogP contribution in [-0.2, 0) is 4.74 Å². The molecule has 1 N–H and O–H groups in total. The summed E-state index contributed by atoms with van der Waals surface area (Å²) in [6, 6.07) is 4.91. The van der Waals surface area contributed by atoms with Crippen LogP contribution in [0.1, 0.15) is 11.6 Å². The molecule has 1 atom stereocenters. The number of hydrogen-bond acceptors (Lipinski definition) is 5. The van der Waals surface area contributed by atoms with E-state index in [9.17, 15) is 10.1 Å². The van der Waals surface area contributed by atoms with Crippen molar-refractivity contribution in [2.24, 2.45) is 0 Å². The minimum Gasteiger partial charge on any atom is -0.490 e. The number of methoxy groups -OCH3 is 1. The summed E-state index contributed by atoms with van der Waals surface area (Å²) in [6.07, 6.45) is 0. The number of nitrogens with zero attached hydrogens (tertiary/aromatic N) is 1. The second-order valence-corrected chi connectivity index (χ2v) is 3.74. The first-order valence-electron chi connectivity index (χ1n) is 5.36. The van der Waals surface area contributed by atoms with E-state index in [1.165, 1.54) is 7.11 Å². The Kier molecular flexibility index (Phi) is 3.55. The highest BCUT2D eigenvalue weighted by Gasteiger charge is 2.27. The normalized spacial score (nSPS) is 19.9. The topological polar surface area (TPSA) is 73.6 Å². The Morgan fingerprint density at radius 1 is 1.59 bits per heavy atom. The van der Waals surface area contributed by atoms with Crippen LogP contribution >= 0.6 is 0 Å². The Balaban J connectivity index is 2.40. The largest absolute Gasteiger partial charge is 0.490 e. The van der Waals surface area contributed by atoms with Gasteiger partial charge in [0.2, 0.25) is 0 Å². The Morgan fingerprint density at radius 2 is 2.41 bits per heavy atom. The van der Waals surface area contributed by atoms with Crippen LogP contribution in [0, 0.1) is 10.1 Å². The third-order valence-corrected chi connectivity index (χ3v) is 2.73. The fourth-order valence-corrected chi connectivity index (χ4v) is 1.95. The van der Waals surface area contributed by atoms with Crippen molar-refractivity contribution in [2.45, 2.75) is 6.04 Å². The summed E-state index contributed by atoms with van der Waals surface area (Å²) in [7, 11) is 1.43. The summed E-state index contributed by atoms with van der Waals surface area (Å²) in [6.45, 7) is 1.77. The highest BCUT2D eigenvalue weighted by molar-refractivity contribution is 5.54. The summed E-state index contributed by atoms with van der Waals surface area (Å²) in [5.74, 6) is 0.278. The van der Waals surface area contributed by atoms with Gasteiger partial charge in [-0.1, -0.05) is 12.1 Å². The van der Waals surface area contributed by atoms with Crippen molar-refractivity contribution in [3.05, 3.63) is 33.9 Å². The van der Waals surface area contributed by atoms with Gasteiger partial charge in [-0.2, -0.15) is 0 Å². The second kappa shape index (κ2) is 5.11. The van der Waals surface area contributed by atoms with Crippen molar-refractivity contribution < 1.29 is 14.4 Å². The Morgan fingerprint density at radius 3 is 3.00 bits per heavy atom. The standard InChI is InChI=1S/C11H14N2O4/c1-16-10-4-2-3-8(11(10)13(14)15)9-7-17-6-5-12-9/h2-4,9,12H,5-7H2,1H3. The molecule has 0 bridgehead atoms. The highest BCUT2D eigenvalue weighted by Crippen LogP contribution is 2.34. The maximum absolute atomic E-state index is 11.1. The van der Waals surface area contributed by atoms with Crippen molar-refractivity contribution in [3.63, 3.8) is 0 Å². The van der Waals surface area contributed by atoms with Crippen LogP contribution in [0.2, 0.25) is 0 Å². The van der Waals surface area contributed by atoms with Crippen molar-refractivity contribution >= 4 is 5.69 Å². The fourth-order valence-electron chi connectivity index (χ4n) is 1.95. The lowest BCUT2D eigenvalue weighted by atomic mass is 10.0. The van der Waals surface area contributed by atoms with Crippen LogP contribution in [-0.4, -0.2) is 31.8 Å². The Hall–Kier alpha value is -1.66. The molecule has 0 amide bonds. The number of para-hydroxylation sites is 1. The van der Waals surface area contributed by atoms with Crippen LogP contribution in [0.15, 0.2) is 18.2 Å². The molecule has 1 aliphatic rings. The maximum atomic E-state index is 11.1. The van der Waals surface area contributed by atoms with Gasteiger partial charge in [0.25, 0.3) is 0 Å². The molecule has 0 spiro atoms. The van der Waals surface area contributed by atoms with Gasteiger partial charge in [-0.3, -0.25) is 10.1 Å². The molecule has 0 saturated carbocycles.